The average molecular weight is 247 g/mol. The van der Waals surface area contributed by atoms with E-state index >= 15 is 0 Å². The van der Waals surface area contributed by atoms with Crippen molar-refractivity contribution < 1.29 is 14.3 Å². The Morgan fingerprint density at radius 2 is 2.00 bits per heavy atom. The maximum Gasteiger partial charge on any atom is 0.312 e. The van der Waals surface area contributed by atoms with Gasteiger partial charge >= 0.3 is 5.97 Å². The standard InChI is InChI=1S/C14H17NO3/c1-14(2,3)15-13(17)10-8-12(16)18-11-7-5-4-6-9(10)11/h4-7,10H,8H2,1-3H3,(H,15,17). The Hall–Kier alpha value is -1.84. The van der Waals surface area contributed by atoms with Gasteiger partial charge in [0, 0.05) is 11.1 Å². The lowest BCUT2D eigenvalue weighted by atomic mass is 9.91. The lowest BCUT2D eigenvalue weighted by Crippen LogP contribution is -2.44. The Morgan fingerprint density at radius 3 is 2.67 bits per heavy atom. The summed E-state index contributed by atoms with van der Waals surface area (Å²) in [6.07, 6.45) is 0.0962. The van der Waals surface area contributed by atoms with E-state index in [2.05, 4.69) is 5.32 Å². The van der Waals surface area contributed by atoms with Gasteiger partial charge in [-0.05, 0) is 26.8 Å². The van der Waals surface area contributed by atoms with E-state index < -0.39 is 5.92 Å². The van der Waals surface area contributed by atoms with E-state index in [9.17, 15) is 9.59 Å². The molecule has 1 atom stereocenters. The number of rotatable bonds is 1. The van der Waals surface area contributed by atoms with E-state index in [1.807, 2.05) is 32.9 Å². The van der Waals surface area contributed by atoms with Crippen LogP contribution >= 0.6 is 0 Å². The fourth-order valence-corrected chi connectivity index (χ4v) is 1.99. The quantitative estimate of drug-likeness (QED) is 0.610. The average Bonchev–Trinajstić information content (AvgIpc) is 2.25. The van der Waals surface area contributed by atoms with Crippen LogP contribution in [-0.4, -0.2) is 17.4 Å². The summed E-state index contributed by atoms with van der Waals surface area (Å²) < 4.78 is 5.12. The molecule has 0 spiro atoms. The van der Waals surface area contributed by atoms with Gasteiger partial charge in [-0.25, -0.2) is 0 Å². The third-order valence-corrected chi connectivity index (χ3v) is 2.70. The van der Waals surface area contributed by atoms with Crippen LogP contribution in [0.25, 0.3) is 0 Å². The van der Waals surface area contributed by atoms with Crippen LogP contribution in [0, 0.1) is 0 Å². The highest BCUT2D eigenvalue weighted by Crippen LogP contribution is 2.34. The summed E-state index contributed by atoms with van der Waals surface area (Å²) in [4.78, 5) is 23.7. The van der Waals surface area contributed by atoms with Gasteiger partial charge in [0.05, 0.1) is 12.3 Å². The summed E-state index contributed by atoms with van der Waals surface area (Å²) >= 11 is 0. The van der Waals surface area contributed by atoms with Crippen molar-refractivity contribution in [2.75, 3.05) is 0 Å². The Balaban J connectivity index is 2.29. The first-order valence-corrected chi connectivity index (χ1v) is 5.98. The van der Waals surface area contributed by atoms with Crippen LogP contribution in [-0.2, 0) is 9.59 Å². The van der Waals surface area contributed by atoms with Crippen molar-refractivity contribution in [3.8, 4) is 5.75 Å². The number of hydrogen-bond acceptors (Lipinski definition) is 3. The normalized spacial score (nSPS) is 18.8. The number of amides is 1. The van der Waals surface area contributed by atoms with Crippen LogP contribution in [0.4, 0.5) is 0 Å². The van der Waals surface area contributed by atoms with E-state index in [0.717, 1.165) is 5.56 Å². The zero-order valence-corrected chi connectivity index (χ0v) is 10.8. The Kier molecular flexibility index (Phi) is 3.11. The number of ether oxygens (including phenoxy) is 1. The smallest absolute Gasteiger partial charge is 0.312 e. The third kappa shape index (κ3) is 2.70. The van der Waals surface area contributed by atoms with Crippen LogP contribution in [0.5, 0.6) is 5.75 Å². The van der Waals surface area contributed by atoms with E-state index in [0.29, 0.717) is 5.75 Å². The lowest BCUT2D eigenvalue weighted by molar-refractivity contribution is -0.139. The second-order valence-corrected chi connectivity index (χ2v) is 5.51. The minimum absolute atomic E-state index is 0.0962. The number of benzene rings is 1. The molecular formula is C14H17NO3. The van der Waals surface area contributed by atoms with Gasteiger partial charge in [-0.3, -0.25) is 9.59 Å². The SMILES string of the molecule is CC(C)(C)NC(=O)C1CC(=O)Oc2ccccc21. The second kappa shape index (κ2) is 4.44. The van der Waals surface area contributed by atoms with Gasteiger partial charge in [0.1, 0.15) is 5.75 Å². The second-order valence-electron chi connectivity index (χ2n) is 5.51. The molecule has 1 aromatic carbocycles. The highest BCUT2D eigenvalue weighted by Gasteiger charge is 2.33. The van der Waals surface area contributed by atoms with Crippen molar-refractivity contribution in [2.24, 2.45) is 0 Å². The Morgan fingerprint density at radius 1 is 1.33 bits per heavy atom. The molecule has 1 heterocycles. The Labute approximate surface area is 106 Å². The number of fused-ring (bicyclic) bond motifs is 1. The van der Waals surface area contributed by atoms with E-state index in [4.69, 9.17) is 4.74 Å². The van der Waals surface area contributed by atoms with E-state index in [-0.39, 0.29) is 23.8 Å². The van der Waals surface area contributed by atoms with Gasteiger partial charge in [-0.2, -0.15) is 0 Å². The molecule has 1 aromatic rings. The van der Waals surface area contributed by atoms with Gasteiger partial charge in [-0.1, -0.05) is 18.2 Å². The highest BCUT2D eigenvalue weighted by atomic mass is 16.5. The van der Waals surface area contributed by atoms with Gasteiger partial charge in [0.2, 0.25) is 5.91 Å². The van der Waals surface area contributed by atoms with E-state index in [1.54, 1.807) is 12.1 Å². The highest BCUT2D eigenvalue weighted by molar-refractivity contribution is 5.91. The van der Waals surface area contributed by atoms with Crippen LogP contribution in [0.15, 0.2) is 24.3 Å². The molecule has 0 radical (unpaired) electrons. The molecule has 1 aliphatic rings. The van der Waals surface area contributed by atoms with Crippen molar-refractivity contribution in [3.63, 3.8) is 0 Å². The Bertz CT molecular complexity index is 488. The lowest BCUT2D eigenvalue weighted by Gasteiger charge is -2.27. The summed E-state index contributed by atoms with van der Waals surface area (Å²) in [5.41, 5.74) is 0.465. The first-order chi connectivity index (χ1) is 8.37. The van der Waals surface area contributed by atoms with Gasteiger partial charge in [0.15, 0.2) is 0 Å². The molecule has 1 N–H and O–H groups in total. The maximum atomic E-state index is 12.2. The molecule has 1 aliphatic heterocycles. The molecule has 0 aliphatic carbocycles. The molecule has 0 saturated carbocycles. The predicted octanol–water partition coefficient (Wildman–Crippen LogP) is 1.99. The van der Waals surface area contributed by atoms with Crippen molar-refractivity contribution in [1.29, 1.82) is 0 Å². The largest absolute Gasteiger partial charge is 0.426 e. The zero-order chi connectivity index (χ0) is 13.3. The van der Waals surface area contributed by atoms with Crippen molar-refractivity contribution in [1.82, 2.24) is 5.32 Å². The van der Waals surface area contributed by atoms with Gasteiger partial charge < -0.3 is 10.1 Å². The minimum atomic E-state index is -0.457. The van der Waals surface area contributed by atoms with Gasteiger partial charge in [0.25, 0.3) is 0 Å². The van der Waals surface area contributed by atoms with Gasteiger partial charge in [-0.15, -0.1) is 0 Å². The number of carbonyl (C=O) groups excluding carboxylic acids is 2. The fraction of sp³-hybridized carbons (Fsp3) is 0.429. The molecule has 2 rings (SSSR count). The monoisotopic (exact) mass is 247 g/mol. The summed E-state index contributed by atoms with van der Waals surface area (Å²) in [7, 11) is 0. The molecule has 0 bridgehead atoms. The van der Waals surface area contributed by atoms with Crippen molar-refractivity contribution in [3.05, 3.63) is 29.8 Å². The number of para-hydroxylation sites is 1. The number of hydrogen-bond donors (Lipinski definition) is 1. The molecular weight excluding hydrogens is 230 g/mol. The van der Waals surface area contributed by atoms with Crippen LogP contribution < -0.4 is 10.1 Å². The number of carbonyl (C=O) groups is 2. The molecule has 18 heavy (non-hydrogen) atoms. The first kappa shape index (κ1) is 12.6. The van der Waals surface area contributed by atoms with E-state index in [1.165, 1.54) is 0 Å². The van der Waals surface area contributed by atoms with Crippen molar-refractivity contribution >= 4 is 11.9 Å². The molecule has 4 heteroatoms. The van der Waals surface area contributed by atoms with Crippen molar-refractivity contribution in [2.45, 2.75) is 38.6 Å². The molecule has 4 nitrogen and oxygen atoms in total. The summed E-state index contributed by atoms with van der Waals surface area (Å²) in [5, 5.41) is 2.90. The summed E-state index contributed by atoms with van der Waals surface area (Å²) in [6.45, 7) is 5.74. The van der Waals surface area contributed by atoms with Crippen LogP contribution in [0.3, 0.4) is 0 Å². The zero-order valence-electron chi connectivity index (χ0n) is 10.8. The third-order valence-electron chi connectivity index (χ3n) is 2.70. The molecule has 0 fully saturated rings. The molecule has 1 unspecified atom stereocenters. The number of esters is 1. The maximum absolute atomic E-state index is 12.2. The van der Waals surface area contributed by atoms with Crippen LogP contribution in [0.2, 0.25) is 0 Å². The summed E-state index contributed by atoms with van der Waals surface area (Å²) in [6, 6.07) is 7.17. The minimum Gasteiger partial charge on any atom is -0.426 e. The number of nitrogens with one attached hydrogen (secondary N) is 1. The fourth-order valence-electron chi connectivity index (χ4n) is 1.99. The topological polar surface area (TPSA) is 55.4 Å². The molecule has 1 amide bonds. The predicted molar refractivity (Wildman–Crippen MR) is 67.3 cm³/mol. The first-order valence-electron chi connectivity index (χ1n) is 5.98. The molecule has 0 saturated heterocycles. The summed E-state index contributed by atoms with van der Waals surface area (Å²) in [5.74, 6) is -0.459. The molecule has 0 aromatic heterocycles. The van der Waals surface area contributed by atoms with Crippen LogP contribution in [0.1, 0.15) is 38.7 Å². The molecule has 96 valence electrons.